The molecular weight excluding hydrogens is 266 g/mol. The van der Waals surface area contributed by atoms with E-state index in [1.807, 2.05) is 13.0 Å². The lowest BCUT2D eigenvalue weighted by Crippen LogP contribution is -2.47. The van der Waals surface area contributed by atoms with Crippen LogP contribution >= 0.6 is 15.9 Å². The molecule has 4 heteroatoms. The smallest absolute Gasteiger partial charge is 0.128 e. The molecule has 3 nitrogen and oxygen atoms in total. The molecule has 16 heavy (non-hydrogen) atoms. The fourth-order valence-corrected chi connectivity index (χ4v) is 2.53. The van der Waals surface area contributed by atoms with Gasteiger partial charge in [-0.05, 0) is 19.1 Å². The molecule has 1 saturated heterocycles. The summed E-state index contributed by atoms with van der Waals surface area (Å²) in [5.74, 6) is 1.12. The van der Waals surface area contributed by atoms with Gasteiger partial charge < -0.3 is 4.90 Å². The van der Waals surface area contributed by atoms with E-state index in [0.717, 1.165) is 49.6 Å². The van der Waals surface area contributed by atoms with Gasteiger partial charge in [-0.3, -0.25) is 4.90 Å². The second-order valence-electron chi connectivity index (χ2n) is 4.15. The van der Waals surface area contributed by atoms with Gasteiger partial charge in [0.05, 0.1) is 0 Å². The lowest BCUT2D eigenvalue weighted by molar-refractivity contribution is 0.273. The lowest BCUT2D eigenvalue weighted by Gasteiger charge is -2.35. The molecule has 1 aromatic rings. The van der Waals surface area contributed by atoms with Crippen LogP contribution in [0.15, 0.2) is 18.2 Å². The molecule has 0 amide bonds. The summed E-state index contributed by atoms with van der Waals surface area (Å²) in [6.07, 6.45) is 0. The van der Waals surface area contributed by atoms with E-state index in [9.17, 15) is 0 Å². The normalized spacial score (nSPS) is 17.8. The molecule has 0 aliphatic carbocycles. The highest BCUT2D eigenvalue weighted by molar-refractivity contribution is 9.09. The van der Waals surface area contributed by atoms with Gasteiger partial charge in [0.15, 0.2) is 0 Å². The molecule has 0 spiro atoms. The SMILES string of the molecule is Cc1cccc(N2CCN(CCBr)CC2)n1. The first-order valence-electron chi connectivity index (χ1n) is 5.76. The van der Waals surface area contributed by atoms with Crippen molar-refractivity contribution in [2.45, 2.75) is 6.92 Å². The first-order chi connectivity index (χ1) is 7.79. The van der Waals surface area contributed by atoms with Crippen LogP contribution < -0.4 is 4.90 Å². The van der Waals surface area contributed by atoms with Crippen molar-refractivity contribution in [3.05, 3.63) is 23.9 Å². The van der Waals surface area contributed by atoms with Crippen LogP contribution in [-0.4, -0.2) is 47.9 Å². The summed E-state index contributed by atoms with van der Waals surface area (Å²) in [7, 11) is 0. The van der Waals surface area contributed by atoms with Crippen molar-refractivity contribution in [3.63, 3.8) is 0 Å². The molecule has 1 aromatic heterocycles. The summed E-state index contributed by atoms with van der Waals surface area (Å²) in [6.45, 7) is 7.65. The van der Waals surface area contributed by atoms with Gasteiger partial charge in [0.1, 0.15) is 5.82 Å². The molecule has 0 aromatic carbocycles. The van der Waals surface area contributed by atoms with Gasteiger partial charge in [0.2, 0.25) is 0 Å². The van der Waals surface area contributed by atoms with Crippen molar-refractivity contribution in [2.75, 3.05) is 43.0 Å². The number of hydrogen-bond donors (Lipinski definition) is 0. The topological polar surface area (TPSA) is 19.4 Å². The van der Waals surface area contributed by atoms with Crippen molar-refractivity contribution in [3.8, 4) is 0 Å². The van der Waals surface area contributed by atoms with Gasteiger partial charge in [0.25, 0.3) is 0 Å². The zero-order valence-corrected chi connectivity index (χ0v) is 11.3. The highest BCUT2D eigenvalue weighted by atomic mass is 79.9. The maximum absolute atomic E-state index is 4.57. The standard InChI is InChI=1S/C12H18BrN3/c1-11-3-2-4-12(14-11)16-9-7-15(6-5-13)8-10-16/h2-4H,5-10H2,1H3. The molecule has 88 valence electrons. The molecule has 0 N–H and O–H groups in total. The Kier molecular flexibility index (Phi) is 4.18. The van der Waals surface area contributed by atoms with Crippen LogP contribution in [0.4, 0.5) is 5.82 Å². The number of rotatable bonds is 3. The van der Waals surface area contributed by atoms with E-state index in [0.29, 0.717) is 0 Å². The van der Waals surface area contributed by atoms with Crippen molar-refractivity contribution in [2.24, 2.45) is 0 Å². The summed E-state index contributed by atoms with van der Waals surface area (Å²) < 4.78 is 0. The Morgan fingerprint density at radius 1 is 1.25 bits per heavy atom. The van der Waals surface area contributed by atoms with E-state index in [-0.39, 0.29) is 0 Å². The van der Waals surface area contributed by atoms with Crippen molar-refractivity contribution in [1.82, 2.24) is 9.88 Å². The van der Waals surface area contributed by atoms with Crippen LogP contribution in [-0.2, 0) is 0 Å². The molecule has 0 bridgehead atoms. The lowest BCUT2D eigenvalue weighted by atomic mass is 10.3. The number of aryl methyl sites for hydroxylation is 1. The number of pyridine rings is 1. The average molecular weight is 284 g/mol. The molecule has 1 aliphatic rings. The van der Waals surface area contributed by atoms with Crippen LogP contribution in [0.3, 0.4) is 0 Å². The summed E-state index contributed by atoms with van der Waals surface area (Å²) in [4.78, 5) is 9.43. The summed E-state index contributed by atoms with van der Waals surface area (Å²) in [5, 5.41) is 1.07. The predicted molar refractivity (Wildman–Crippen MR) is 71.4 cm³/mol. The Balaban J connectivity index is 1.94. The zero-order chi connectivity index (χ0) is 11.4. The van der Waals surface area contributed by atoms with Crippen LogP contribution in [0.25, 0.3) is 0 Å². The number of anilines is 1. The van der Waals surface area contributed by atoms with Crippen LogP contribution in [0.1, 0.15) is 5.69 Å². The third-order valence-electron chi connectivity index (χ3n) is 2.97. The van der Waals surface area contributed by atoms with Crippen LogP contribution in [0.2, 0.25) is 0 Å². The van der Waals surface area contributed by atoms with E-state index < -0.39 is 0 Å². The van der Waals surface area contributed by atoms with Crippen LogP contribution in [0.5, 0.6) is 0 Å². The minimum Gasteiger partial charge on any atom is -0.354 e. The monoisotopic (exact) mass is 283 g/mol. The van der Waals surface area contributed by atoms with E-state index in [1.165, 1.54) is 0 Å². The van der Waals surface area contributed by atoms with E-state index in [1.54, 1.807) is 0 Å². The predicted octanol–water partition coefficient (Wildman–Crippen LogP) is 1.91. The van der Waals surface area contributed by atoms with E-state index >= 15 is 0 Å². The molecule has 2 heterocycles. The van der Waals surface area contributed by atoms with E-state index in [2.05, 4.69) is 42.8 Å². The zero-order valence-electron chi connectivity index (χ0n) is 9.69. The molecule has 0 saturated carbocycles. The molecular formula is C12H18BrN3. The minimum atomic E-state index is 1.07. The van der Waals surface area contributed by atoms with Gasteiger partial charge in [-0.25, -0.2) is 4.98 Å². The first kappa shape index (κ1) is 11.9. The number of alkyl halides is 1. The highest BCUT2D eigenvalue weighted by Crippen LogP contribution is 2.13. The van der Waals surface area contributed by atoms with Gasteiger partial charge in [0, 0.05) is 43.7 Å². The Labute approximate surface area is 106 Å². The number of piperazine rings is 1. The third-order valence-corrected chi connectivity index (χ3v) is 3.33. The number of aromatic nitrogens is 1. The van der Waals surface area contributed by atoms with Crippen molar-refractivity contribution >= 4 is 21.7 Å². The van der Waals surface area contributed by atoms with Crippen LogP contribution in [0, 0.1) is 6.92 Å². The van der Waals surface area contributed by atoms with Crippen molar-refractivity contribution in [1.29, 1.82) is 0 Å². The van der Waals surface area contributed by atoms with Gasteiger partial charge in [-0.15, -0.1) is 0 Å². The van der Waals surface area contributed by atoms with Gasteiger partial charge in [-0.2, -0.15) is 0 Å². The van der Waals surface area contributed by atoms with Gasteiger partial charge in [-0.1, -0.05) is 22.0 Å². The fourth-order valence-electron chi connectivity index (χ4n) is 2.02. The maximum atomic E-state index is 4.57. The average Bonchev–Trinajstić information content (AvgIpc) is 2.30. The molecule has 1 fully saturated rings. The first-order valence-corrected chi connectivity index (χ1v) is 6.88. The van der Waals surface area contributed by atoms with Crippen molar-refractivity contribution < 1.29 is 0 Å². The Bertz CT molecular complexity index is 335. The minimum absolute atomic E-state index is 1.07. The third kappa shape index (κ3) is 2.95. The van der Waals surface area contributed by atoms with E-state index in [4.69, 9.17) is 0 Å². The fraction of sp³-hybridized carbons (Fsp3) is 0.583. The second kappa shape index (κ2) is 5.64. The van der Waals surface area contributed by atoms with Gasteiger partial charge >= 0.3 is 0 Å². The maximum Gasteiger partial charge on any atom is 0.128 e. The highest BCUT2D eigenvalue weighted by Gasteiger charge is 2.16. The second-order valence-corrected chi connectivity index (χ2v) is 4.95. The number of halogens is 1. The Morgan fingerprint density at radius 2 is 2.00 bits per heavy atom. The number of nitrogens with zero attached hydrogens (tertiary/aromatic N) is 3. The quantitative estimate of drug-likeness (QED) is 0.790. The number of hydrogen-bond acceptors (Lipinski definition) is 3. The Morgan fingerprint density at radius 3 is 2.62 bits per heavy atom. The molecule has 0 unspecified atom stereocenters. The Hall–Kier alpha value is -0.610. The summed E-state index contributed by atoms with van der Waals surface area (Å²) in [6, 6.07) is 6.24. The molecule has 0 atom stereocenters. The largest absolute Gasteiger partial charge is 0.354 e. The molecule has 0 radical (unpaired) electrons. The summed E-state index contributed by atoms with van der Waals surface area (Å²) >= 11 is 3.49. The molecule has 2 rings (SSSR count). The molecule has 1 aliphatic heterocycles. The summed E-state index contributed by atoms with van der Waals surface area (Å²) in [5.41, 5.74) is 1.10.